The molecule has 0 saturated heterocycles. The first-order valence-electron chi connectivity index (χ1n) is 7.60. The second-order valence-corrected chi connectivity index (χ2v) is 8.58. The zero-order chi connectivity index (χ0) is 17.8. The van der Waals surface area contributed by atoms with E-state index < -0.39 is 19.1 Å². The zero-order valence-corrected chi connectivity index (χ0v) is 15.2. The molecule has 0 bridgehead atoms. The predicted molar refractivity (Wildman–Crippen MR) is 94.8 cm³/mol. The fourth-order valence-electron chi connectivity index (χ4n) is 2.02. The standard InChI is InChI=1S/C18H22NO4P/c1-18(2,3)22-17(20)19(4)23-24(21,15-11-7-5-8-12-15)16-13-9-6-10-14-16/h5-14H,1-4H3. The summed E-state index contributed by atoms with van der Waals surface area (Å²) in [6.07, 6.45) is -0.699. The highest BCUT2D eigenvalue weighted by molar-refractivity contribution is 7.74. The quantitative estimate of drug-likeness (QED) is 0.625. The zero-order valence-electron chi connectivity index (χ0n) is 14.3. The van der Waals surface area contributed by atoms with Gasteiger partial charge in [-0.1, -0.05) is 36.4 Å². The maximum atomic E-state index is 13.6. The highest BCUT2D eigenvalue weighted by Gasteiger charge is 2.33. The highest BCUT2D eigenvalue weighted by atomic mass is 31.2. The van der Waals surface area contributed by atoms with Crippen LogP contribution in [0, 0.1) is 0 Å². The van der Waals surface area contributed by atoms with Crippen LogP contribution in [0.1, 0.15) is 20.8 Å². The van der Waals surface area contributed by atoms with E-state index in [4.69, 9.17) is 9.36 Å². The Hall–Kier alpha value is -2.10. The maximum absolute atomic E-state index is 13.6. The van der Waals surface area contributed by atoms with Crippen LogP contribution in [0.3, 0.4) is 0 Å². The van der Waals surface area contributed by atoms with Crippen LogP contribution in [0.2, 0.25) is 0 Å². The van der Waals surface area contributed by atoms with Crippen LogP contribution in [0.15, 0.2) is 60.7 Å². The van der Waals surface area contributed by atoms with Crippen molar-refractivity contribution in [2.75, 3.05) is 7.05 Å². The summed E-state index contributed by atoms with van der Waals surface area (Å²) in [4.78, 5) is 12.2. The lowest BCUT2D eigenvalue weighted by Crippen LogP contribution is -2.35. The smallest absolute Gasteiger partial charge is 0.434 e. The minimum atomic E-state index is -3.47. The number of hydrogen-bond donors (Lipinski definition) is 0. The first-order chi connectivity index (χ1) is 11.2. The van der Waals surface area contributed by atoms with Gasteiger partial charge in [-0.25, -0.2) is 4.79 Å². The Balaban J connectivity index is 2.35. The van der Waals surface area contributed by atoms with Gasteiger partial charge < -0.3 is 4.74 Å². The van der Waals surface area contributed by atoms with Crippen LogP contribution in [0.5, 0.6) is 0 Å². The van der Waals surface area contributed by atoms with Gasteiger partial charge in [0, 0.05) is 17.7 Å². The average molecular weight is 347 g/mol. The molecular weight excluding hydrogens is 325 g/mol. The second-order valence-electron chi connectivity index (χ2n) is 6.28. The van der Waals surface area contributed by atoms with Crippen molar-refractivity contribution in [3.05, 3.63) is 60.7 Å². The second kappa shape index (κ2) is 7.20. The Morgan fingerprint density at radius 3 is 1.71 bits per heavy atom. The molecule has 0 aromatic heterocycles. The van der Waals surface area contributed by atoms with E-state index in [1.165, 1.54) is 7.05 Å². The van der Waals surface area contributed by atoms with E-state index in [0.717, 1.165) is 5.06 Å². The predicted octanol–water partition coefficient (Wildman–Crippen LogP) is 3.71. The fourth-order valence-corrected chi connectivity index (χ4v) is 4.05. The van der Waals surface area contributed by atoms with Crippen LogP contribution in [0.4, 0.5) is 4.79 Å². The number of amides is 1. The lowest BCUT2D eigenvalue weighted by Gasteiger charge is -2.27. The normalized spacial score (nSPS) is 11.8. The van der Waals surface area contributed by atoms with Gasteiger partial charge in [-0.2, -0.15) is 9.69 Å². The van der Waals surface area contributed by atoms with E-state index in [9.17, 15) is 9.36 Å². The summed E-state index contributed by atoms with van der Waals surface area (Å²) in [5.74, 6) is 0. The molecule has 2 rings (SSSR count). The molecule has 24 heavy (non-hydrogen) atoms. The first kappa shape index (κ1) is 18.2. The molecule has 1 amide bonds. The van der Waals surface area contributed by atoms with Crippen molar-refractivity contribution < 1.29 is 18.7 Å². The van der Waals surface area contributed by atoms with Gasteiger partial charge in [0.15, 0.2) is 0 Å². The van der Waals surface area contributed by atoms with E-state index in [1.807, 2.05) is 12.1 Å². The Labute approximate surface area is 142 Å². The average Bonchev–Trinajstić information content (AvgIpc) is 2.54. The fraction of sp³-hybridized carbons (Fsp3) is 0.278. The number of rotatable bonds is 4. The number of ether oxygens (including phenoxy) is 1. The molecule has 0 spiro atoms. The van der Waals surface area contributed by atoms with Crippen LogP contribution in [-0.4, -0.2) is 23.8 Å². The molecule has 0 radical (unpaired) electrons. The summed E-state index contributed by atoms with van der Waals surface area (Å²) in [6.45, 7) is 5.27. The van der Waals surface area contributed by atoms with Crippen LogP contribution in [0.25, 0.3) is 0 Å². The van der Waals surface area contributed by atoms with Gasteiger partial charge in [-0.3, -0.25) is 4.57 Å². The Morgan fingerprint density at radius 1 is 0.917 bits per heavy atom. The van der Waals surface area contributed by atoms with Gasteiger partial charge in [0.2, 0.25) is 0 Å². The third-order valence-electron chi connectivity index (χ3n) is 3.08. The van der Waals surface area contributed by atoms with E-state index in [0.29, 0.717) is 10.6 Å². The molecule has 0 aliphatic heterocycles. The number of carbonyl (C=O) groups excluding carboxylic acids is 1. The molecule has 0 N–H and O–H groups in total. The van der Waals surface area contributed by atoms with Gasteiger partial charge in [-0.15, -0.1) is 0 Å². The van der Waals surface area contributed by atoms with Gasteiger partial charge in [-0.05, 0) is 45.0 Å². The van der Waals surface area contributed by atoms with Gasteiger partial charge >= 0.3 is 6.09 Å². The van der Waals surface area contributed by atoms with Crippen molar-refractivity contribution in [3.63, 3.8) is 0 Å². The lowest BCUT2D eigenvalue weighted by molar-refractivity contribution is -0.0527. The molecule has 2 aromatic carbocycles. The minimum Gasteiger partial charge on any atom is -0.442 e. The molecule has 0 unspecified atom stereocenters. The van der Waals surface area contributed by atoms with E-state index in [-0.39, 0.29) is 0 Å². The van der Waals surface area contributed by atoms with Crippen molar-refractivity contribution >= 4 is 24.1 Å². The Bertz CT molecular complexity index is 682. The summed E-state index contributed by atoms with van der Waals surface area (Å²) in [5, 5.41) is 1.91. The molecule has 6 heteroatoms. The molecule has 0 aliphatic carbocycles. The molecule has 5 nitrogen and oxygen atoms in total. The van der Waals surface area contributed by atoms with Gasteiger partial charge in [0.05, 0.1) is 0 Å². The molecule has 2 aromatic rings. The SMILES string of the molecule is CN(OP(=O)(c1ccccc1)c1ccccc1)C(=O)OC(C)(C)C. The largest absolute Gasteiger partial charge is 0.442 e. The first-order valence-corrected chi connectivity index (χ1v) is 9.22. The molecule has 0 atom stereocenters. The molecule has 0 saturated carbocycles. The molecule has 128 valence electrons. The van der Waals surface area contributed by atoms with Crippen LogP contribution in [-0.2, 0) is 13.9 Å². The lowest BCUT2D eigenvalue weighted by atomic mass is 10.2. The highest BCUT2D eigenvalue weighted by Crippen LogP contribution is 2.45. The van der Waals surface area contributed by atoms with Gasteiger partial charge in [0.1, 0.15) is 5.60 Å². The van der Waals surface area contributed by atoms with Crippen molar-refractivity contribution in [3.8, 4) is 0 Å². The summed E-state index contributed by atoms with van der Waals surface area (Å²) < 4.78 is 24.5. The Morgan fingerprint density at radius 2 is 1.33 bits per heavy atom. The van der Waals surface area contributed by atoms with E-state index >= 15 is 0 Å². The summed E-state index contributed by atoms with van der Waals surface area (Å²) in [7, 11) is -2.08. The van der Waals surface area contributed by atoms with Crippen LogP contribution >= 0.6 is 7.37 Å². The number of nitrogens with zero attached hydrogens (tertiary/aromatic N) is 1. The monoisotopic (exact) mass is 347 g/mol. The van der Waals surface area contributed by atoms with Crippen molar-refractivity contribution in [1.82, 2.24) is 5.06 Å². The van der Waals surface area contributed by atoms with E-state index in [1.54, 1.807) is 69.3 Å². The third kappa shape index (κ3) is 4.47. The topological polar surface area (TPSA) is 55.8 Å². The van der Waals surface area contributed by atoms with Crippen molar-refractivity contribution in [2.24, 2.45) is 0 Å². The third-order valence-corrected chi connectivity index (χ3v) is 5.51. The maximum Gasteiger partial charge on any atom is 0.434 e. The van der Waals surface area contributed by atoms with Gasteiger partial charge in [0.25, 0.3) is 7.37 Å². The number of benzene rings is 2. The number of hydrogen-bond acceptors (Lipinski definition) is 4. The molecule has 0 aliphatic rings. The van der Waals surface area contributed by atoms with E-state index in [2.05, 4.69) is 0 Å². The summed E-state index contributed by atoms with van der Waals surface area (Å²) in [5.41, 5.74) is -0.668. The van der Waals surface area contributed by atoms with Crippen molar-refractivity contribution in [2.45, 2.75) is 26.4 Å². The molecular formula is C18H22NO4P. The summed E-state index contributed by atoms with van der Waals surface area (Å²) >= 11 is 0. The number of carbonyl (C=O) groups is 1. The summed E-state index contributed by atoms with van der Waals surface area (Å²) in [6, 6.07) is 17.7. The number of hydroxylamine groups is 2. The molecule has 0 fully saturated rings. The van der Waals surface area contributed by atoms with Crippen LogP contribution < -0.4 is 10.6 Å². The molecule has 0 heterocycles. The van der Waals surface area contributed by atoms with Crippen molar-refractivity contribution in [1.29, 1.82) is 0 Å². The minimum absolute atomic E-state index is 0.506. The Kier molecular flexibility index (Phi) is 5.47.